The Kier molecular flexibility index (Phi) is 3.44. The van der Waals surface area contributed by atoms with Crippen LogP contribution in [-0.4, -0.2) is 31.3 Å². The van der Waals surface area contributed by atoms with Crippen LogP contribution in [0.3, 0.4) is 0 Å². The predicted molar refractivity (Wildman–Crippen MR) is 80.6 cm³/mol. The number of nitrogens with one attached hydrogen (secondary N) is 1. The Balaban J connectivity index is 2.20. The van der Waals surface area contributed by atoms with Crippen molar-refractivity contribution in [1.82, 2.24) is 24.0 Å². The van der Waals surface area contributed by atoms with Crippen molar-refractivity contribution in [2.24, 2.45) is 7.05 Å². The molecule has 2 aromatic heterocycles. The number of fused-ring (bicyclic) bond motifs is 1. The topological polar surface area (TPSA) is 73.8 Å². The fourth-order valence-corrected chi connectivity index (χ4v) is 3.02. The van der Waals surface area contributed by atoms with Gasteiger partial charge < -0.3 is 9.88 Å². The minimum atomic E-state index is -0.313. The van der Waals surface area contributed by atoms with Crippen LogP contribution in [0, 0.1) is 0 Å². The molecule has 1 aliphatic rings. The van der Waals surface area contributed by atoms with E-state index in [9.17, 15) is 9.59 Å². The molecule has 2 aromatic rings. The first-order chi connectivity index (χ1) is 10.0. The van der Waals surface area contributed by atoms with Crippen LogP contribution in [0.25, 0.3) is 11.2 Å². The molecule has 114 valence electrons. The molecule has 0 bridgehead atoms. The molecule has 1 N–H and O–H groups in total. The molecule has 0 amide bonds. The lowest BCUT2D eigenvalue weighted by Gasteiger charge is -2.14. The SMILES string of the molecule is CC(C)n1c(=O)n(C)c(=O)c2c1ncn2CC1CCCN1. The van der Waals surface area contributed by atoms with Crippen molar-refractivity contribution >= 4 is 11.2 Å². The number of nitrogens with zero attached hydrogens (tertiary/aromatic N) is 4. The maximum atomic E-state index is 12.4. The Labute approximate surface area is 122 Å². The number of hydrogen-bond acceptors (Lipinski definition) is 4. The summed E-state index contributed by atoms with van der Waals surface area (Å²) in [5, 5.41) is 3.42. The van der Waals surface area contributed by atoms with Crippen LogP contribution in [0.2, 0.25) is 0 Å². The maximum Gasteiger partial charge on any atom is 0.332 e. The predicted octanol–water partition coefficient (Wildman–Crippen LogP) is 0.230. The number of aromatic nitrogens is 4. The lowest BCUT2D eigenvalue weighted by Crippen LogP contribution is -2.39. The summed E-state index contributed by atoms with van der Waals surface area (Å²) in [6.07, 6.45) is 3.93. The summed E-state index contributed by atoms with van der Waals surface area (Å²) in [6.45, 7) is 5.57. The van der Waals surface area contributed by atoms with Crippen molar-refractivity contribution in [3.8, 4) is 0 Å². The molecule has 21 heavy (non-hydrogen) atoms. The first-order valence-electron chi connectivity index (χ1n) is 7.40. The van der Waals surface area contributed by atoms with E-state index in [1.807, 2.05) is 18.4 Å². The number of hydrogen-bond donors (Lipinski definition) is 1. The second-order valence-electron chi connectivity index (χ2n) is 5.97. The zero-order valence-electron chi connectivity index (χ0n) is 12.7. The highest BCUT2D eigenvalue weighted by Crippen LogP contribution is 2.14. The first kappa shape index (κ1) is 14.1. The normalized spacial score (nSPS) is 19.0. The molecule has 0 spiro atoms. The average Bonchev–Trinajstić information content (AvgIpc) is 3.07. The third-order valence-electron chi connectivity index (χ3n) is 4.14. The fraction of sp³-hybridized carbons (Fsp3) is 0.643. The van der Waals surface area contributed by atoms with Crippen molar-refractivity contribution in [3.63, 3.8) is 0 Å². The smallest absolute Gasteiger partial charge is 0.323 e. The molecule has 1 fully saturated rings. The Bertz CT molecular complexity index is 777. The van der Waals surface area contributed by atoms with Crippen LogP contribution in [0.5, 0.6) is 0 Å². The summed E-state index contributed by atoms with van der Waals surface area (Å²) >= 11 is 0. The molecule has 3 rings (SSSR count). The molecular weight excluding hydrogens is 270 g/mol. The quantitative estimate of drug-likeness (QED) is 0.878. The summed E-state index contributed by atoms with van der Waals surface area (Å²) in [5.41, 5.74) is 0.407. The summed E-state index contributed by atoms with van der Waals surface area (Å²) < 4.78 is 4.62. The van der Waals surface area contributed by atoms with Gasteiger partial charge in [0.25, 0.3) is 5.56 Å². The van der Waals surface area contributed by atoms with Gasteiger partial charge >= 0.3 is 5.69 Å². The number of rotatable bonds is 3. The van der Waals surface area contributed by atoms with Crippen LogP contribution >= 0.6 is 0 Å². The van der Waals surface area contributed by atoms with E-state index < -0.39 is 0 Å². The highest BCUT2D eigenvalue weighted by atomic mass is 16.2. The van der Waals surface area contributed by atoms with Crippen molar-refractivity contribution in [1.29, 1.82) is 0 Å². The van der Waals surface area contributed by atoms with Gasteiger partial charge in [0.15, 0.2) is 11.2 Å². The number of imidazole rings is 1. The van der Waals surface area contributed by atoms with Crippen molar-refractivity contribution in [2.45, 2.75) is 45.3 Å². The molecule has 3 heterocycles. The summed E-state index contributed by atoms with van der Waals surface area (Å²) in [5.74, 6) is 0. The molecule has 1 unspecified atom stereocenters. The highest BCUT2D eigenvalue weighted by Gasteiger charge is 2.20. The van der Waals surface area contributed by atoms with E-state index in [-0.39, 0.29) is 17.3 Å². The van der Waals surface area contributed by atoms with Gasteiger partial charge in [0, 0.05) is 25.7 Å². The van der Waals surface area contributed by atoms with Crippen LogP contribution < -0.4 is 16.6 Å². The largest absolute Gasteiger partial charge is 0.332 e. The minimum Gasteiger partial charge on any atom is -0.323 e. The summed E-state index contributed by atoms with van der Waals surface area (Å²) in [7, 11) is 1.52. The van der Waals surface area contributed by atoms with E-state index >= 15 is 0 Å². The van der Waals surface area contributed by atoms with Gasteiger partial charge in [-0.05, 0) is 33.2 Å². The van der Waals surface area contributed by atoms with E-state index in [0.29, 0.717) is 23.8 Å². The molecular formula is C14H21N5O2. The molecule has 7 nitrogen and oxygen atoms in total. The van der Waals surface area contributed by atoms with Crippen molar-refractivity contribution < 1.29 is 0 Å². The molecule has 0 radical (unpaired) electrons. The van der Waals surface area contributed by atoms with Gasteiger partial charge in [-0.1, -0.05) is 0 Å². The van der Waals surface area contributed by atoms with E-state index in [2.05, 4.69) is 10.3 Å². The molecule has 1 atom stereocenters. The second-order valence-corrected chi connectivity index (χ2v) is 5.97. The van der Waals surface area contributed by atoms with Crippen molar-refractivity contribution in [2.75, 3.05) is 6.54 Å². The average molecular weight is 291 g/mol. The molecule has 0 aliphatic carbocycles. The van der Waals surface area contributed by atoms with Crippen LogP contribution in [0.4, 0.5) is 0 Å². The first-order valence-corrected chi connectivity index (χ1v) is 7.40. The van der Waals surface area contributed by atoms with Crippen LogP contribution in [0.15, 0.2) is 15.9 Å². The van der Waals surface area contributed by atoms with Crippen molar-refractivity contribution in [3.05, 3.63) is 27.2 Å². The third kappa shape index (κ3) is 2.21. The molecule has 1 saturated heterocycles. The molecule has 1 aliphatic heterocycles. The van der Waals surface area contributed by atoms with E-state index in [0.717, 1.165) is 19.4 Å². The summed E-state index contributed by atoms with van der Waals surface area (Å²) in [6, 6.07) is 0.325. The van der Waals surface area contributed by atoms with E-state index in [1.165, 1.54) is 11.6 Å². The van der Waals surface area contributed by atoms with Crippen LogP contribution in [0.1, 0.15) is 32.7 Å². The van der Waals surface area contributed by atoms with Crippen LogP contribution in [-0.2, 0) is 13.6 Å². The van der Waals surface area contributed by atoms with Gasteiger partial charge in [-0.25, -0.2) is 9.78 Å². The van der Waals surface area contributed by atoms with Gasteiger partial charge in [0.2, 0.25) is 0 Å². The molecule has 7 heteroatoms. The lowest BCUT2D eigenvalue weighted by atomic mass is 10.2. The zero-order valence-corrected chi connectivity index (χ0v) is 12.7. The van der Waals surface area contributed by atoms with Gasteiger partial charge in [-0.3, -0.25) is 13.9 Å². The minimum absolute atomic E-state index is 0.0419. The van der Waals surface area contributed by atoms with Gasteiger partial charge in [-0.15, -0.1) is 0 Å². The van der Waals surface area contributed by atoms with Gasteiger partial charge in [0.1, 0.15) is 0 Å². The Morgan fingerprint density at radius 3 is 2.81 bits per heavy atom. The fourth-order valence-electron chi connectivity index (χ4n) is 3.02. The lowest BCUT2D eigenvalue weighted by molar-refractivity contribution is 0.513. The van der Waals surface area contributed by atoms with Gasteiger partial charge in [-0.2, -0.15) is 0 Å². The molecule has 0 aromatic carbocycles. The standard InChI is InChI=1S/C14H21N5O2/c1-9(2)19-12-11(13(20)17(3)14(19)21)18(8-16-12)7-10-5-4-6-15-10/h8-10,15H,4-7H2,1-3H3. The van der Waals surface area contributed by atoms with E-state index in [1.54, 1.807) is 10.9 Å². The third-order valence-corrected chi connectivity index (χ3v) is 4.14. The van der Waals surface area contributed by atoms with Gasteiger partial charge in [0.05, 0.1) is 6.33 Å². The second kappa shape index (κ2) is 5.14. The Morgan fingerprint density at radius 1 is 1.43 bits per heavy atom. The highest BCUT2D eigenvalue weighted by molar-refractivity contribution is 5.70. The summed E-state index contributed by atoms with van der Waals surface area (Å²) in [4.78, 5) is 29.0. The maximum absolute atomic E-state index is 12.4. The van der Waals surface area contributed by atoms with E-state index in [4.69, 9.17) is 0 Å². The Hall–Kier alpha value is -1.89. The Morgan fingerprint density at radius 2 is 2.19 bits per heavy atom. The zero-order chi connectivity index (χ0) is 15.1. The monoisotopic (exact) mass is 291 g/mol. The molecule has 0 saturated carbocycles.